The van der Waals surface area contributed by atoms with Crippen LogP contribution in [0.5, 0.6) is 5.75 Å². The van der Waals surface area contributed by atoms with Crippen LogP contribution in [-0.4, -0.2) is 17.4 Å². The molecule has 0 spiro atoms. The normalized spacial score (nSPS) is 27.2. The third-order valence-corrected chi connectivity index (χ3v) is 4.51. The molecule has 0 saturated heterocycles. The Morgan fingerprint density at radius 3 is 2.42 bits per heavy atom. The molecule has 0 heterocycles. The quantitative estimate of drug-likeness (QED) is 0.875. The largest absolute Gasteiger partial charge is 0.508 e. The van der Waals surface area contributed by atoms with E-state index in [1.54, 1.807) is 12.1 Å². The third-order valence-electron chi connectivity index (χ3n) is 4.51. The van der Waals surface area contributed by atoms with E-state index in [1.165, 1.54) is 0 Å². The maximum absolute atomic E-state index is 12.6. The number of ketones is 1. The Bertz CT molecular complexity index is 431. The van der Waals surface area contributed by atoms with Crippen molar-refractivity contribution in [2.24, 2.45) is 17.1 Å². The SMILES string of the molecule is CC1CCC(CN)(C(=O)Cc2ccc(O)cc2)CC1. The second-order valence-corrected chi connectivity index (χ2v) is 5.93. The van der Waals surface area contributed by atoms with Crippen molar-refractivity contribution in [3.63, 3.8) is 0 Å². The van der Waals surface area contributed by atoms with Crippen molar-refractivity contribution in [1.29, 1.82) is 0 Å². The van der Waals surface area contributed by atoms with Crippen LogP contribution in [-0.2, 0) is 11.2 Å². The zero-order valence-corrected chi connectivity index (χ0v) is 11.6. The van der Waals surface area contributed by atoms with Crippen molar-refractivity contribution in [1.82, 2.24) is 0 Å². The third kappa shape index (κ3) is 3.16. The Morgan fingerprint density at radius 2 is 1.89 bits per heavy atom. The van der Waals surface area contributed by atoms with Crippen molar-refractivity contribution >= 4 is 5.78 Å². The molecule has 1 aliphatic carbocycles. The number of aromatic hydroxyl groups is 1. The van der Waals surface area contributed by atoms with Gasteiger partial charge in [0.1, 0.15) is 11.5 Å². The predicted octanol–water partition coefficient (Wildman–Crippen LogP) is 2.66. The number of carbonyl (C=O) groups excluding carboxylic acids is 1. The molecule has 0 aliphatic heterocycles. The summed E-state index contributed by atoms with van der Waals surface area (Å²) >= 11 is 0. The molecule has 3 N–H and O–H groups in total. The monoisotopic (exact) mass is 261 g/mol. The topological polar surface area (TPSA) is 63.3 Å². The van der Waals surface area contributed by atoms with Gasteiger partial charge in [-0.1, -0.05) is 19.1 Å². The number of phenolic OH excluding ortho intramolecular Hbond substituents is 1. The standard InChI is InChI=1S/C16H23NO2/c1-12-6-8-16(11-17,9-7-12)15(19)10-13-2-4-14(18)5-3-13/h2-5,12,18H,6-11,17H2,1H3. The Hall–Kier alpha value is -1.35. The zero-order chi connectivity index (χ0) is 13.9. The summed E-state index contributed by atoms with van der Waals surface area (Å²) in [5.41, 5.74) is 6.54. The molecule has 0 unspecified atom stereocenters. The lowest BCUT2D eigenvalue weighted by atomic mass is 9.67. The number of rotatable bonds is 4. The van der Waals surface area contributed by atoms with Crippen LogP contribution >= 0.6 is 0 Å². The summed E-state index contributed by atoms with van der Waals surface area (Å²) in [4.78, 5) is 12.6. The van der Waals surface area contributed by atoms with Crippen LogP contribution in [0.2, 0.25) is 0 Å². The number of benzene rings is 1. The van der Waals surface area contributed by atoms with Gasteiger partial charge < -0.3 is 10.8 Å². The minimum absolute atomic E-state index is 0.233. The first-order valence-electron chi connectivity index (χ1n) is 7.07. The molecule has 0 aromatic heterocycles. The van der Waals surface area contributed by atoms with E-state index in [1.807, 2.05) is 12.1 Å². The first-order valence-corrected chi connectivity index (χ1v) is 7.07. The molecule has 104 valence electrons. The molecular formula is C16H23NO2. The van der Waals surface area contributed by atoms with Crippen molar-refractivity contribution in [3.8, 4) is 5.75 Å². The van der Waals surface area contributed by atoms with Gasteiger partial charge in [-0.3, -0.25) is 4.79 Å². The van der Waals surface area contributed by atoms with Crippen molar-refractivity contribution in [3.05, 3.63) is 29.8 Å². The van der Waals surface area contributed by atoms with Gasteiger partial charge in [0.15, 0.2) is 0 Å². The van der Waals surface area contributed by atoms with Gasteiger partial charge >= 0.3 is 0 Å². The zero-order valence-electron chi connectivity index (χ0n) is 11.6. The fourth-order valence-corrected chi connectivity index (χ4v) is 2.90. The van der Waals surface area contributed by atoms with Gasteiger partial charge in [0.05, 0.1) is 0 Å². The van der Waals surface area contributed by atoms with Gasteiger partial charge in [-0.25, -0.2) is 0 Å². The number of carbonyl (C=O) groups is 1. The van der Waals surface area contributed by atoms with Gasteiger partial charge in [0.25, 0.3) is 0 Å². The highest BCUT2D eigenvalue weighted by molar-refractivity contribution is 5.87. The van der Waals surface area contributed by atoms with Crippen LogP contribution in [0, 0.1) is 11.3 Å². The molecule has 0 amide bonds. The van der Waals surface area contributed by atoms with Crippen molar-refractivity contribution < 1.29 is 9.90 Å². The average molecular weight is 261 g/mol. The molecule has 1 saturated carbocycles. The smallest absolute Gasteiger partial charge is 0.144 e. The number of phenols is 1. The maximum atomic E-state index is 12.6. The van der Waals surface area contributed by atoms with Gasteiger partial charge in [-0.15, -0.1) is 0 Å². The molecular weight excluding hydrogens is 238 g/mol. The number of hydrogen-bond donors (Lipinski definition) is 2. The molecule has 1 fully saturated rings. The second-order valence-electron chi connectivity index (χ2n) is 5.93. The van der Waals surface area contributed by atoms with Gasteiger partial charge in [0.2, 0.25) is 0 Å². The summed E-state index contributed by atoms with van der Waals surface area (Å²) in [5, 5.41) is 9.26. The van der Waals surface area contributed by atoms with Crippen LogP contribution in [0.25, 0.3) is 0 Å². The van der Waals surface area contributed by atoms with Crippen LogP contribution in [0.4, 0.5) is 0 Å². The Labute approximate surface area is 114 Å². The number of nitrogens with two attached hydrogens (primary N) is 1. The summed E-state index contributed by atoms with van der Waals surface area (Å²) in [6.07, 6.45) is 4.45. The minimum atomic E-state index is -0.315. The summed E-state index contributed by atoms with van der Waals surface area (Å²) in [6, 6.07) is 6.87. The molecule has 0 bridgehead atoms. The first-order chi connectivity index (χ1) is 9.05. The summed E-state index contributed by atoms with van der Waals surface area (Å²) < 4.78 is 0. The lowest BCUT2D eigenvalue weighted by molar-refractivity contribution is -0.129. The summed E-state index contributed by atoms with van der Waals surface area (Å²) in [6.45, 7) is 2.70. The predicted molar refractivity (Wildman–Crippen MR) is 75.9 cm³/mol. The molecule has 0 atom stereocenters. The Balaban J connectivity index is 2.06. The van der Waals surface area contributed by atoms with Gasteiger partial charge in [-0.2, -0.15) is 0 Å². The van der Waals surface area contributed by atoms with Gasteiger partial charge in [0, 0.05) is 18.4 Å². The maximum Gasteiger partial charge on any atom is 0.144 e. The molecule has 1 aromatic rings. The minimum Gasteiger partial charge on any atom is -0.508 e. The molecule has 19 heavy (non-hydrogen) atoms. The lowest BCUT2D eigenvalue weighted by Crippen LogP contribution is -2.42. The van der Waals surface area contributed by atoms with E-state index >= 15 is 0 Å². The van der Waals surface area contributed by atoms with Gasteiger partial charge in [-0.05, 0) is 49.3 Å². The van der Waals surface area contributed by atoms with E-state index in [4.69, 9.17) is 5.73 Å². The highest BCUT2D eigenvalue weighted by Gasteiger charge is 2.39. The highest BCUT2D eigenvalue weighted by Crippen LogP contribution is 2.39. The molecule has 0 radical (unpaired) electrons. The number of hydrogen-bond acceptors (Lipinski definition) is 3. The van der Waals surface area contributed by atoms with E-state index in [9.17, 15) is 9.90 Å². The molecule has 3 nitrogen and oxygen atoms in total. The average Bonchev–Trinajstić information content (AvgIpc) is 2.42. The number of Topliss-reactive ketones (excluding diaryl/α,β-unsaturated/α-hetero) is 1. The molecule has 1 aromatic carbocycles. The van der Waals surface area contributed by atoms with E-state index in [0.29, 0.717) is 18.9 Å². The molecule has 3 heteroatoms. The highest BCUT2D eigenvalue weighted by atomic mass is 16.3. The van der Waals surface area contributed by atoms with Crippen LogP contribution < -0.4 is 5.73 Å². The van der Waals surface area contributed by atoms with Crippen LogP contribution in [0.1, 0.15) is 38.2 Å². The lowest BCUT2D eigenvalue weighted by Gasteiger charge is -2.37. The van der Waals surface area contributed by atoms with Crippen molar-refractivity contribution in [2.45, 2.75) is 39.0 Å². The first kappa shape index (κ1) is 14.1. The van der Waals surface area contributed by atoms with E-state index < -0.39 is 0 Å². The van der Waals surface area contributed by atoms with E-state index in [2.05, 4.69) is 6.92 Å². The fraction of sp³-hybridized carbons (Fsp3) is 0.562. The van der Waals surface area contributed by atoms with E-state index in [0.717, 1.165) is 31.2 Å². The summed E-state index contributed by atoms with van der Waals surface area (Å²) in [7, 11) is 0. The Morgan fingerprint density at radius 1 is 1.32 bits per heavy atom. The Kier molecular flexibility index (Phi) is 4.25. The summed E-state index contributed by atoms with van der Waals surface area (Å²) in [5.74, 6) is 1.20. The second kappa shape index (κ2) is 5.74. The van der Waals surface area contributed by atoms with Crippen molar-refractivity contribution in [2.75, 3.05) is 6.54 Å². The van der Waals surface area contributed by atoms with E-state index in [-0.39, 0.29) is 16.9 Å². The van der Waals surface area contributed by atoms with Crippen LogP contribution in [0.15, 0.2) is 24.3 Å². The van der Waals surface area contributed by atoms with Crippen LogP contribution in [0.3, 0.4) is 0 Å². The fourth-order valence-electron chi connectivity index (χ4n) is 2.90. The molecule has 1 aliphatic rings. The molecule has 2 rings (SSSR count).